The van der Waals surface area contributed by atoms with Gasteiger partial charge in [0.2, 0.25) is 0 Å². The number of nitrogens with one attached hydrogen (secondary N) is 1. The number of anilines is 2. The van der Waals surface area contributed by atoms with E-state index in [2.05, 4.69) is 109 Å². The molecule has 3 heterocycles. The molecule has 0 aliphatic heterocycles. The number of para-hydroxylation sites is 1. The van der Waals surface area contributed by atoms with Crippen molar-refractivity contribution in [3.05, 3.63) is 104 Å². The summed E-state index contributed by atoms with van der Waals surface area (Å²) in [5.74, 6) is 0. The highest BCUT2D eigenvalue weighted by atomic mass is 32.2. The second kappa shape index (κ2) is 10.0. The molecule has 6 aromatic rings. The van der Waals surface area contributed by atoms with Crippen molar-refractivity contribution in [1.82, 2.24) is 28.8 Å². The third-order valence-corrected chi connectivity index (χ3v) is 7.21. The van der Waals surface area contributed by atoms with E-state index >= 15 is 0 Å². The highest BCUT2D eigenvalue weighted by Crippen LogP contribution is 2.36. The molecular weight excluding hydrogens is 478 g/mol. The van der Waals surface area contributed by atoms with Crippen molar-refractivity contribution in [2.24, 2.45) is 7.05 Å². The van der Waals surface area contributed by atoms with Crippen LogP contribution in [0, 0.1) is 0 Å². The first-order valence-corrected chi connectivity index (χ1v) is 12.7. The fourth-order valence-corrected chi connectivity index (χ4v) is 5.38. The van der Waals surface area contributed by atoms with Crippen LogP contribution in [0.3, 0.4) is 0 Å². The van der Waals surface area contributed by atoms with Gasteiger partial charge in [-0.05, 0) is 66.3 Å². The lowest BCUT2D eigenvalue weighted by Crippen LogP contribution is -2.09. The smallest absolute Gasteiger partial charge is 0.115 e. The maximum Gasteiger partial charge on any atom is 0.115 e. The predicted molar refractivity (Wildman–Crippen MR) is 151 cm³/mol. The van der Waals surface area contributed by atoms with E-state index < -0.39 is 0 Å². The van der Waals surface area contributed by atoms with Gasteiger partial charge in [-0.1, -0.05) is 24.3 Å². The molecule has 37 heavy (non-hydrogen) atoms. The molecule has 0 spiro atoms. The van der Waals surface area contributed by atoms with E-state index in [0.717, 1.165) is 50.5 Å². The van der Waals surface area contributed by atoms with Crippen LogP contribution in [0.2, 0.25) is 0 Å². The van der Waals surface area contributed by atoms with Crippen molar-refractivity contribution in [3.63, 3.8) is 0 Å². The second-order valence-electron chi connectivity index (χ2n) is 8.89. The molecule has 7 nitrogen and oxygen atoms in total. The third kappa shape index (κ3) is 4.89. The Labute approximate surface area is 219 Å². The first-order chi connectivity index (χ1) is 18.1. The molecule has 0 saturated carbocycles. The van der Waals surface area contributed by atoms with Gasteiger partial charge in [0.25, 0.3) is 0 Å². The Hall–Kier alpha value is -4.27. The Morgan fingerprint density at radius 3 is 2.68 bits per heavy atom. The Kier molecular flexibility index (Phi) is 6.26. The van der Waals surface area contributed by atoms with Gasteiger partial charge >= 0.3 is 0 Å². The van der Waals surface area contributed by atoms with Crippen molar-refractivity contribution in [1.29, 1.82) is 0 Å². The molecule has 0 aliphatic carbocycles. The van der Waals surface area contributed by atoms with Crippen molar-refractivity contribution < 1.29 is 0 Å². The summed E-state index contributed by atoms with van der Waals surface area (Å²) in [6.07, 6.45) is 10.8. The van der Waals surface area contributed by atoms with Gasteiger partial charge < -0.3 is 9.88 Å². The molecular formula is C29H25N7S. The standard InChI is InChI=1S/C29H25N7S/c1-35-12-9-21-7-8-22(13-27(21)35)24-14-23(15-26-29(24)33-11-10-32-26)34-25-5-3-4-6-28(25)37-36(2)18-20-16-30-19-31-17-20/h3-17,19,34H,18H2,1-2H3. The van der Waals surface area contributed by atoms with Crippen LogP contribution >= 0.6 is 11.9 Å². The molecule has 0 unspecified atom stereocenters. The van der Waals surface area contributed by atoms with E-state index in [0.29, 0.717) is 0 Å². The van der Waals surface area contributed by atoms with Gasteiger partial charge in [0.05, 0.1) is 16.7 Å². The first-order valence-electron chi connectivity index (χ1n) is 11.9. The van der Waals surface area contributed by atoms with E-state index in [1.54, 1.807) is 30.7 Å². The van der Waals surface area contributed by atoms with Crippen molar-refractivity contribution in [2.45, 2.75) is 11.4 Å². The van der Waals surface area contributed by atoms with Crippen LogP contribution in [-0.2, 0) is 13.6 Å². The molecule has 182 valence electrons. The zero-order valence-electron chi connectivity index (χ0n) is 20.5. The Bertz CT molecular complexity index is 1700. The average Bonchev–Trinajstić information content (AvgIpc) is 3.30. The summed E-state index contributed by atoms with van der Waals surface area (Å²) in [7, 11) is 4.14. The van der Waals surface area contributed by atoms with E-state index in [4.69, 9.17) is 0 Å². The SMILES string of the molecule is CN(Cc1cncnc1)Sc1ccccc1Nc1cc(-c2ccc3ccn(C)c3c2)c2nccnc2c1. The number of hydrogen-bond donors (Lipinski definition) is 1. The number of rotatable bonds is 7. The van der Waals surface area contributed by atoms with E-state index in [-0.39, 0.29) is 0 Å². The summed E-state index contributed by atoms with van der Waals surface area (Å²) in [5, 5.41) is 4.86. The molecule has 0 aliphatic rings. The Morgan fingerprint density at radius 2 is 1.78 bits per heavy atom. The maximum atomic E-state index is 4.67. The molecule has 6 rings (SSSR count). The zero-order chi connectivity index (χ0) is 25.2. The highest BCUT2D eigenvalue weighted by molar-refractivity contribution is 7.97. The predicted octanol–water partition coefficient (Wildman–Crippen LogP) is 6.46. The molecule has 1 N–H and O–H groups in total. The normalized spacial score (nSPS) is 11.4. The lowest BCUT2D eigenvalue weighted by molar-refractivity contribution is 0.561. The molecule has 0 fully saturated rings. The van der Waals surface area contributed by atoms with Gasteiger partial charge in [-0.15, -0.1) is 0 Å². The number of nitrogens with zero attached hydrogens (tertiary/aromatic N) is 6. The highest BCUT2D eigenvalue weighted by Gasteiger charge is 2.13. The summed E-state index contributed by atoms with van der Waals surface area (Å²) < 4.78 is 4.31. The second-order valence-corrected chi connectivity index (χ2v) is 10.1. The third-order valence-electron chi connectivity index (χ3n) is 6.21. The molecule has 8 heteroatoms. The summed E-state index contributed by atoms with van der Waals surface area (Å²) in [6.45, 7) is 0.733. The van der Waals surface area contributed by atoms with E-state index in [9.17, 15) is 0 Å². The van der Waals surface area contributed by atoms with Crippen LogP contribution in [0.25, 0.3) is 33.1 Å². The van der Waals surface area contributed by atoms with Crippen molar-refractivity contribution >= 4 is 45.3 Å². The molecule has 0 saturated heterocycles. The van der Waals surface area contributed by atoms with Crippen LogP contribution in [-0.4, -0.2) is 35.9 Å². The fourth-order valence-electron chi connectivity index (χ4n) is 4.47. The quantitative estimate of drug-likeness (QED) is 0.251. The summed E-state index contributed by atoms with van der Waals surface area (Å²) >= 11 is 1.68. The van der Waals surface area contributed by atoms with Crippen LogP contribution in [0.15, 0.2) is 103 Å². The van der Waals surface area contributed by atoms with Gasteiger partial charge in [-0.2, -0.15) is 0 Å². The summed E-state index contributed by atoms with van der Waals surface area (Å²) in [4.78, 5) is 18.7. The number of fused-ring (bicyclic) bond motifs is 2. The Balaban J connectivity index is 1.34. The number of aromatic nitrogens is 5. The van der Waals surface area contributed by atoms with Gasteiger partial charge in [-0.25, -0.2) is 14.3 Å². The van der Waals surface area contributed by atoms with Gasteiger partial charge in [0, 0.05) is 71.8 Å². The lowest BCUT2D eigenvalue weighted by atomic mass is 10.0. The van der Waals surface area contributed by atoms with Gasteiger partial charge in [-0.3, -0.25) is 9.97 Å². The number of aryl methyl sites for hydroxylation is 1. The minimum atomic E-state index is 0.733. The van der Waals surface area contributed by atoms with Gasteiger partial charge in [0.1, 0.15) is 6.33 Å². The van der Waals surface area contributed by atoms with Gasteiger partial charge in [0.15, 0.2) is 0 Å². The van der Waals surface area contributed by atoms with E-state index in [1.807, 2.05) is 18.5 Å². The summed E-state index contributed by atoms with van der Waals surface area (Å²) in [5.41, 5.74) is 8.11. The average molecular weight is 504 g/mol. The van der Waals surface area contributed by atoms with Crippen LogP contribution in [0.4, 0.5) is 11.4 Å². The molecule has 0 amide bonds. The minimum absolute atomic E-state index is 0.733. The molecule has 3 aromatic heterocycles. The van der Waals surface area contributed by atoms with Crippen molar-refractivity contribution in [2.75, 3.05) is 12.4 Å². The van der Waals surface area contributed by atoms with Crippen LogP contribution in [0.5, 0.6) is 0 Å². The maximum absolute atomic E-state index is 4.67. The van der Waals surface area contributed by atoms with Crippen LogP contribution in [0.1, 0.15) is 5.56 Å². The zero-order valence-corrected chi connectivity index (χ0v) is 21.4. The topological polar surface area (TPSA) is 71.8 Å². The monoisotopic (exact) mass is 503 g/mol. The fraction of sp³-hybridized carbons (Fsp3) is 0.103. The first kappa shape index (κ1) is 23.1. The van der Waals surface area contributed by atoms with E-state index in [1.165, 1.54) is 10.9 Å². The van der Waals surface area contributed by atoms with Crippen LogP contribution < -0.4 is 5.32 Å². The molecule has 0 bridgehead atoms. The minimum Gasteiger partial charge on any atom is -0.354 e. The number of benzene rings is 3. The van der Waals surface area contributed by atoms with Crippen molar-refractivity contribution in [3.8, 4) is 11.1 Å². The number of hydrogen-bond acceptors (Lipinski definition) is 7. The Morgan fingerprint density at radius 1 is 0.946 bits per heavy atom. The lowest BCUT2D eigenvalue weighted by Gasteiger charge is -2.19. The molecule has 3 aromatic carbocycles. The largest absolute Gasteiger partial charge is 0.354 e. The summed E-state index contributed by atoms with van der Waals surface area (Å²) in [6, 6.07) is 21.2. The molecule has 0 radical (unpaired) electrons. The molecule has 0 atom stereocenters.